The van der Waals surface area contributed by atoms with Crippen molar-refractivity contribution >= 4 is 5.97 Å². The van der Waals surface area contributed by atoms with Gasteiger partial charge in [0.1, 0.15) is 5.76 Å². The molecule has 0 aliphatic rings. The van der Waals surface area contributed by atoms with E-state index >= 15 is 0 Å². The van der Waals surface area contributed by atoms with Gasteiger partial charge in [-0.2, -0.15) is 10.1 Å². The summed E-state index contributed by atoms with van der Waals surface area (Å²) in [5.74, 6) is 1.04. The van der Waals surface area contributed by atoms with Crippen LogP contribution in [0.25, 0.3) is 0 Å². The fourth-order valence-corrected chi connectivity index (χ4v) is 2.15. The van der Waals surface area contributed by atoms with Gasteiger partial charge in [0, 0.05) is 18.8 Å². The number of ether oxygens (including phenoxy) is 1. The zero-order chi connectivity index (χ0) is 16.9. The summed E-state index contributed by atoms with van der Waals surface area (Å²) in [5.41, 5.74) is 0. The van der Waals surface area contributed by atoms with Gasteiger partial charge in [-0.3, -0.25) is 4.68 Å². The van der Waals surface area contributed by atoms with Gasteiger partial charge < -0.3 is 13.7 Å². The Morgan fingerprint density at radius 3 is 3.04 bits per heavy atom. The molecule has 0 spiro atoms. The molecule has 3 aromatic rings. The van der Waals surface area contributed by atoms with Crippen molar-refractivity contribution in [1.29, 1.82) is 0 Å². The van der Waals surface area contributed by atoms with E-state index in [1.54, 1.807) is 29.9 Å². The third kappa shape index (κ3) is 3.70. The Morgan fingerprint density at radius 2 is 2.29 bits per heavy atom. The average molecular weight is 330 g/mol. The fraction of sp³-hybridized carbons (Fsp3) is 0.375. The van der Waals surface area contributed by atoms with E-state index in [1.807, 2.05) is 19.2 Å². The molecule has 0 bridgehead atoms. The zero-order valence-electron chi connectivity index (χ0n) is 13.5. The number of carbonyl (C=O) groups excluding carboxylic acids is 1. The minimum Gasteiger partial charge on any atom is -0.452 e. The van der Waals surface area contributed by atoms with Gasteiger partial charge in [0.2, 0.25) is 5.76 Å². The first-order valence-corrected chi connectivity index (χ1v) is 7.75. The number of nitrogens with zero attached hydrogens (tertiary/aromatic N) is 4. The van der Waals surface area contributed by atoms with Crippen LogP contribution in [0.2, 0.25) is 0 Å². The molecule has 0 aromatic carbocycles. The Kier molecular flexibility index (Phi) is 4.74. The first kappa shape index (κ1) is 16.0. The summed E-state index contributed by atoms with van der Waals surface area (Å²) in [6.45, 7) is 4.14. The van der Waals surface area contributed by atoms with Crippen molar-refractivity contribution in [3.8, 4) is 0 Å². The normalized spacial score (nSPS) is 12.2. The summed E-state index contributed by atoms with van der Waals surface area (Å²) in [6.07, 6.45) is 4.48. The molecule has 126 valence electrons. The van der Waals surface area contributed by atoms with Crippen molar-refractivity contribution in [2.45, 2.75) is 39.3 Å². The molecule has 0 amide bonds. The number of carbonyl (C=O) groups is 1. The van der Waals surface area contributed by atoms with Crippen molar-refractivity contribution in [1.82, 2.24) is 19.9 Å². The average Bonchev–Trinajstić information content (AvgIpc) is 3.29. The van der Waals surface area contributed by atoms with Gasteiger partial charge in [-0.25, -0.2) is 4.79 Å². The topological polar surface area (TPSA) is 96.2 Å². The van der Waals surface area contributed by atoms with Gasteiger partial charge in [0.25, 0.3) is 5.89 Å². The molecule has 0 N–H and O–H groups in total. The minimum absolute atomic E-state index is 0.123. The van der Waals surface area contributed by atoms with Crippen LogP contribution in [0.15, 0.2) is 39.5 Å². The molecule has 3 aromatic heterocycles. The number of rotatable bonds is 7. The molecule has 3 heterocycles. The molecule has 0 saturated carbocycles. The summed E-state index contributed by atoms with van der Waals surface area (Å²) < 4.78 is 17.6. The quantitative estimate of drug-likeness (QED) is 0.614. The molecule has 0 aliphatic heterocycles. The largest absolute Gasteiger partial charge is 0.452 e. The van der Waals surface area contributed by atoms with Crippen LogP contribution < -0.4 is 0 Å². The van der Waals surface area contributed by atoms with Crippen molar-refractivity contribution in [3.63, 3.8) is 0 Å². The van der Waals surface area contributed by atoms with Crippen LogP contribution in [0, 0.1) is 0 Å². The van der Waals surface area contributed by atoms with Gasteiger partial charge in [0.15, 0.2) is 11.9 Å². The molecule has 0 aliphatic carbocycles. The summed E-state index contributed by atoms with van der Waals surface area (Å²) in [5, 5.41) is 7.93. The third-order valence-electron chi connectivity index (χ3n) is 3.33. The lowest BCUT2D eigenvalue weighted by Gasteiger charge is -2.07. The highest BCUT2D eigenvalue weighted by molar-refractivity contribution is 5.86. The van der Waals surface area contributed by atoms with E-state index in [1.165, 1.54) is 0 Å². The summed E-state index contributed by atoms with van der Waals surface area (Å²) in [6, 6.07) is 5.11. The SMILES string of the molecule is CCCc1noc(C(C)OC(=O)c2ccc(Cn3cccn3)o2)n1. The fourth-order valence-electron chi connectivity index (χ4n) is 2.15. The highest BCUT2D eigenvalue weighted by Gasteiger charge is 2.21. The maximum Gasteiger partial charge on any atom is 0.375 e. The number of furan rings is 1. The van der Waals surface area contributed by atoms with Crippen molar-refractivity contribution in [2.24, 2.45) is 0 Å². The lowest BCUT2D eigenvalue weighted by atomic mass is 10.3. The second-order valence-electron chi connectivity index (χ2n) is 5.32. The summed E-state index contributed by atoms with van der Waals surface area (Å²) in [4.78, 5) is 16.4. The van der Waals surface area contributed by atoms with Crippen LogP contribution in [-0.2, 0) is 17.7 Å². The Balaban J connectivity index is 1.60. The first-order chi connectivity index (χ1) is 11.7. The number of aryl methyl sites for hydroxylation is 1. The molecule has 0 radical (unpaired) electrons. The zero-order valence-corrected chi connectivity index (χ0v) is 13.5. The number of aromatic nitrogens is 4. The van der Waals surface area contributed by atoms with Gasteiger partial charge >= 0.3 is 5.97 Å². The van der Waals surface area contributed by atoms with E-state index in [2.05, 4.69) is 15.2 Å². The van der Waals surface area contributed by atoms with Crippen molar-refractivity contribution in [2.75, 3.05) is 0 Å². The first-order valence-electron chi connectivity index (χ1n) is 7.75. The lowest BCUT2D eigenvalue weighted by Crippen LogP contribution is -2.09. The van der Waals surface area contributed by atoms with E-state index in [9.17, 15) is 4.79 Å². The molecule has 3 rings (SSSR count). The molecular formula is C16H18N4O4. The maximum absolute atomic E-state index is 12.1. The molecular weight excluding hydrogens is 312 g/mol. The summed E-state index contributed by atoms with van der Waals surface area (Å²) >= 11 is 0. The monoisotopic (exact) mass is 330 g/mol. The Bertz CT molecular complexity index is 791. The van der Waals surface area contributed by atoms with Crippen molar-refractivity contribution in [3.05, 3.63) is 53.8 Å². The number of hydrogen-bond acceptors (Lipinski definition) is 7. The van der Waals surface area contributed by atoms with Crippen LogP contribution in [0.5, 0.6) is 0 Å². The van der Waals surface area contributed by atoms with Crippen LogP contribution in [0.3, 0.4) is 0 Å². The predicted octanol–water partition coefficient (Wildman–Crippen LogP) is 2.78. The Labute approximate surface area is 138 Å². The van der Waals surface area contributed by atoms with Crippen molar-refractivity contribution < 1.29 is 18.5 Å². The minimum atomic E-state index is -0.643. The second kappa shape index (κ2) is 7.12. The van der Waals surface area contributed by atoms with E-state index in [4.69, 9.17) is 13.7 Å². The van der Waals surface area contributed by atoms with Gasteiger partial charge in [-0.15, -0.1) is 0 Å². The van der Waals surface area contributed by atoms with Gasteiger partial charge in [-0.1, -0.05) is 12.1 Å². The van der Waals surface area contributed by atoms with Crippen LogP contribution in [0.1, 0.15) is 54.4 Å². The predicted molar refractivity (Wildman–Crippen MR) is 82.2 cm³/mol. The molecule has 24 heavy (non-hydrogen) atoms. The summed E-state index contributed by atoms with van der Waals surface area (Å²) in [7, 11) is 0. The molecule has 1 atom stereocenters. The highest BCUT2D eigenvalue weighted by Crippen LogP contribution is 2.18. The van der Waals surface area contributed by atoms with Crippen LogP contribution in [-0.4, -0.2) is 25.9 Å². The highest BCUT2D eigenvalue weighted by atomic mass is 16.6. The standard InChI is InChI=1S/C16H18N4O4/c1-3-5-14-18-15(24-19-14)11(2)22-16(21)13-7-6-12(23-13)10-20-9-4-8-17-20/h4,6-9,11H,3,5,10H2,1-2H3. The third-order valence-corrected chi connectivity index (χ3v) is 3.33. The lowest BCUT2D eigenvalue weighted by molar-refractivity contribution is 0.0228. The molecule has 1 unspecified atom stereocenters. The van der Waals surface area contributed by atoms with E-state index in [-0.39, 0.29) is 11.7 Å². The number of hydrogen-bond donors (Lipinski definition) is 0. The maximum atomic E-state index is 12.1. The molecule has 8 nitrogen and oxygen atoms in total. The van der Waals surface area contributed by atoms with E-state index < -0.39 is 12.1 Å². The molecule has 8 heteroatoms. The van der Waals surface area contributed by atoms with E-state index in [0.29, 0.717) is 18.1 Å². The molecule has 0 fully saturated rings. The van der Waals surface area contributed by atoms with E-state index in [0.717, 1.165) is 12.8 Å². The van der Waals surface area contributed by atoms with Crippen LogP contribution >= 0.6 is 0 Å². The van der Waals surface area contributed by atoms with Gasteiger partial charge in [-0.05, 0) is 31.5 Å². The second-order valence-corrected chi connectivity index (χ2v) is 5.32. The smallest absolute Gasteiger partial charge is 0.375 e. The molecule has 0 saturated heterocycles. The Hall–Kier alpha value is -2.90. The Morgan fingerprint density at radius 1 is 1.42 bits per heavy atom. The van der Waals surface area contributed by atoms with Crippen LogP contribution in [0.4, 0.5) is 0 Å². The number of esters is 1. The van der Waals surface area contributed by atoms with Gasteiger partial charge in [0.05, 0.1) is 6.54 Å².